The van der Waals surface area contributed by atoms with Crippen molar-refractivity contribution in [1.82, 2.24) is 0 Å². The van der Waals surface area contributed by atoms with Crippen LogP contribution in [0.4, 0.5) is 0 Å². The average Bonchev–Trinajstić information content (AvgIpc) is 2.18. The average molecular weight is 252 g/mol. The summed E-state index contributed by atoms with van der Waals surface area (Å²) in [5.41, 5.74) is 9.84. The van der Waals surface area contributed by atoms with E-state index in [-0.39, 0.29) is 0 Å². The molecule has 1 aromatic rings. The normalized spacial score (nSPS) is 14.9. The Morgan fingerprint density at radius 1 is 1.29 bits per heavy atom. The van der Waals surface area contributed by atoms with Gasteiger partial charge in [0.15, 0.2) is 0 Å². The van der Waals surface area contributed by atoms with Gasteiger partial charge in [-0.05, 0) is 43.0 Å². The SMILES string of the molecule is NCCC1=Cc2cccc(Br)c2CC1. The van der Waals surface area contributed by atoms with Crippen molar-refractivity contribution in [2.75, 3.05) is 6.54 Å². The second-order valence-corrected chi connectivity index (χ2v) is 4.50. The van der Waals surface area contributed by atoms with Gasteiger partial charge in [-0.3, -0.25) is 0 Å². The topological polar surface area (TPSA) is 26.0 Å². The van der Waals surface area contributed by atoms with Gasteiger partial charge < -0.3 is 5.73 Å². The Bertz CT molecular complexity index is 369. The zero-order valence-electron chi connectivity index (χ0n) is 8.09. The fraction of sp³-hybridized carbons (Fsp3) is 0.333. The van der Waals surface area contributed by atoms with Crippen LogP contribution in [0, 0.1) is 0 Å². The second kappa shape index (κ2) is 4.28. The molecule has 0 amide bonds. The van der Waals surface area contributed by atoms with Crippen LogP contribution in [0.25, 0.3) is 6.08 Å². The smallest absolute Gasteiger partial charge is 0.0213 e. The van der Waals surface area contributed by atoms with Crippen molar-refractivity contribution < 1.29 is 0 Å². The number of nitrogens with two attached hydrogens (primary N) is 1. The first-order valence-corrected chi connectivity index (χ1v) is 5.77. The zero-order valence-corrected chi connectivity index (χ0v) is 9.68. The van der Waals surface area contributed by atoms with Gasteiger partial charge in [0.05, 0.1) is 0 Å². The highest BCUT2D eigenvalue weighted by atomic mass is 79.9. The van der Waals surface area contributed by atoms with Crippen LogP contribution in [0.5, 0.6) is 0 Å². The van der Waals surface area contributed by atoms with Gasteiger partial charge in [-0.25, -0.2) is 0 Å². The minimum absolute atomic E-state index is 0.759. The number of halogens is 1. The summed E-state index contributed by atoms with van der Waals surface area (Å²) in [6, 6.07) is 6.38. The Labute approximate surface area is 93.1 Å². The summed E-state index contributed by atoms with van der Waals surface area (Å²) in [6.07, 6.45) is 5.62. The minimum Gasteiger partial charge on any atom is -0.330 e. The molecule has 0 saturated heterocycles. The quantitative estimate of drug-likeness (QED) is 0.859. The molecule has 2 rings (SSSR count). The van der Waals surface area contributed by atoms with Gasteiger partial charge >= 0.3 is 0 Å². The van der Waals surface area contributed by atoms with E-state index in [0.29, 0.717) is 0 Å². The van der Waals surface area contributed by atoms with Gasteiger partial charge in [0.25, 0.3) is 0 Å². The first-order valence-electron chi connectivity index (χ1n) is 4.98. The van der Waals surface area contributed by atoms with Crippen LogP contribution in [-0.2, 0) is 6.42 Å². The van der Waals surface area contributed by atoms with Gasteiger partial charge in [-0.2, -0.15) is 0 Å². The number of rotatable bonds is 2. The summed E-state index contributed by atoms with van der Waals surface area (Å²) >= 11 is 3.59. The van der Waals surface area contributed by atoms with Crippen molar-refractivity contribution >= 4 is 22.0 Å². The molecule has 1 aliphatic rings. The Hall–Kier alpha value is -0.600. The van der Waals surface area contributed by atoms with E-state index in [9.17, 15) is 0 Å². The maximum Gasteiger partial charge on any atom is 0.0213 e. The standard InChI is InChI=1S/C12H14BrN/c13-12-3-1-2-10-8-9(6-7-14)4-5-11(10)12/h1-3,8H,4-7,14H2. The van der Waals surface area contributed by atoms with Gasteiger partial charge in [0.1, 0.15) is 0 Å². The van der Waals surface area contributed by atoms with Gasteiger partial charge in [0.2, 0.25) is 0 Å². The second-order valence-electron chi connectivity index (χ2n) is 3.65. The molecule has 0 spiro atoms. The lowest BCUT2D eigenvalue weighted by molar-refractivity contribution is 0.834. The largest absolute Gasteiger partial charge is 0.330 e. The summed E-state index contributed by atoms with van der Waals surface area (Å²) in [4.78, 5) is 0. The van der Waals surface area contributed by atoms with Crippen molar-refractivity contribution in [3.63, 3.8) is 0 Å². The van der Waals surface area contributed by atoms with Crippen molar-refractivity contribution in [1.29, 1.82) is 0 Å². The summed E-state index contributed by atoms with van der Waals surface area (Å²) in [5.74, 6) is 0. The van der Waals surface area contributed by atoms with E-state index in [4.69, 9.17) is 5.73 Å². The summed E-state index contributed by atoms with van der Waals surface area (Å²) in [6.45, 7) is 0.759. The van der Waals surface area contributed by atoms with E-state index in [1.54, 1.807) is 0 Å². The van der Waals surface area contributed by atoms with Crippen LogP contribution in [0.2, 0.25) is 0 Å². The Balaban J connectivity index is 2.35. The highest BCUT2D eigenvalue weighted by molar-refractivity contribution is 9.10. The van der Waals surface area contributed by atoms with E-state index < -0.39 is 0 Å². The number of hydrogen-bond acceptors (Lipinski definition) is 1. The van der Waals surface area contributed by atoms with Crippen molar-refractivity contribution in [2.24, 2.45) is 5.73 Å². The molecule has 0 aliphatic heterocycles. The maximum atomic E-state index is 5.56. The predicted molar refractivity (Wildman–Crippen MR) is 64.1 cm³/mol. The monoisotopic (exact) mass is 251 g/mol. The van der Waals surface area contributed by atoms with Crippen LogP contribution in [0.1, 0.15) is 24.0 Å². The molecule has 0 saturated carbocycles. The molecular weight excluding hydrogens is 238 g/mol. The molecule has 1 aliphatic carbocycles. The van der Waals surface area contributed by atoms with Crippen LogP contribution in [-0.4, -0.2) is 6.54 Å². The third kappa shape index (κ3) is 1.91. The molecule has 14 heavy (non-hydrogen) atoms. The molecule has 74 valence electrons. The molecule has 0 aromatic heterocycles. The Morgan fingerprint density at radius 3 is 2.93 bits per heavy atom. The first kappa shape index (κ1) is 9.94. The van der Waals surface area contributed by atoms with E-state index in [1.807, 2.05) is 0 Å². The van der Waals surface area contributed by atoms with Crippen LogP contribution in [0.15, 0.2) is 28.2 Å². The summed E-state index contributed by atoms with van der Waals surface area (Å²) in [5, 5.41) is 0. The molecule has 0 unspecified atom stereocenters. The first-order chi connectivity index (χ1) is 6.81. The van der Waals surface area contributed by atoms with E-state index in [2.05, 4.69) is 40.2 Å². The fourth-order valence-electron chi connectivity index (χ4n) is 1.93. The maximum absolute atomic E-state index is 5.56. The van der Waals surface area contributed by atoms with Crippen molar-refractivity contribution in [3.05, 3.63) is 39.4 Å². The molecule has 0 radical (unpaired) electrons. The summed E-state index contributed by atoms with van der Waals surface area (Å²) < 4.78 is 1.23. The third-order valence-corrected chi connectivity index (χ3v) is 3.42. The molecule has 0 heterocycles. The van der Waals surface area contributed by atoms with E-state index >= 15 is 0 Å². The van der Waals surface area contributed by atoms with E-state index in [1.165, 1.54) is 21.2 Å². The van der Waals surface area contributed by atoms with Gasteiger partial charge in [-0.15, -0.1) is 0 Å². The minimum atomic E-state index is 0.759. The molecule has 0 fully saturated rings. The fourth-order valence-corrected chi connectivity index (χ4v) is 2.51. The lowest BCUT2D eigenvalue weighted by Crippen LogP contribution is -2.05. The Kier molecular flexibility index (Phi) is 3.04. The third-order valence-electron chi connectivity index (χ3n) is 2.68. The number of hydrogen-bond donors (Lipinski definition) is 1. The predicted octanol–water partition coefficient (Wildman–Crippen LogP) is 3.13. The molecule has 1 nitrogen and oxygen atoms in total. The Morgan fingerprint density at radius 2 is 2.14 bits per heavy atom. The molecule has 1 aromatic carbocycles. The van der Waals surface area contributed by atoms with Crippen LogP contribution in [0.3, 0.4) is 0 Å². The van der Waals surface area contributed by atoms with Crippen molar-refractivity contribution in [2.45, 2.75) is 19.3 Å². The lowest BCUT2D eigenvalue weighted by Gasteiger charge is -2.17. The summed E-state index contributed by atoms with van der Waals surface area (Å²) in [7, 11) is 0. The lowest BCUT2D eigenvalue weighted by atomic mass is 9.91. The van der Waals surface area contributed by atoms with Crippen LogP contribution < -0.4 is 5.73 Å². The molecule has 0 bridgehead atoms. The zero-order chi connectivity index (χ0) is 9.97. The van der Waals surface area contributed by atoms with Gasteiger partial charge in [-0.1, -0.05) is 39.7 Å². The number of fused-ring (bicyclic) bond motifs is 1. The number of benzene rings is 1. The highest BCUT2D eigenvalue weighted by Gasteiger charge is 2.11. The van der Waals surface area contributed by atoms with Gasteiger partial charge in [0, 0.05) is 4.47 Å². The molecular formula is C12H14BrN. The highest BCUT2D eigenvalue weighted by Crippen LogP contribution is 2.30. The van der Waals surface area contributed by atoms with E-state index in [0.717, 1.165) is 25.8 Å². The molecule has 2 heteroatoms. The van der Waals surface area contributed by atoms with Crippen LogP contribution >= 0.6 is 15.9 Å². The molecule has 2 N–H and O–H groups in total. The molecule has 0 atom stereocenters. The van der Waals surface area contributed by atoms with Crippen molar-refractivity contribution in [3.8, 4) is 0 Å².